The number of carbonyl (C=O) groups excluding carboxylic acids is 1. The molecule has 0 radical (unpaired) electrons. The topological polar surface area (TPSA) is 62.7 Å². The first-order chi connectivity index (χ1) is 11.7. The van der Waals surface area contributed by atoms with E-state index in [2.05, 4.69) is 15.8 Å². The summed E-state index contributed by atoms with van der Waals surface area (Å²) in [4.78, 5) is 11.8. The average molecular weight is 325 g/mol. The molecule has 2 aromatic carbocycles. The number of anilines is 1. The molecule has 0 saturated carbocycles. The molecule has 2 N–H and O–H groups in total. The summed E-state index contributed by atoms with van der Waals surface area (Å²) < 4.78 is 5.14. The SMILES string of the molecule is COc1ccc(CC/C(C)=N\NC(=O)CNc2ccccc2)cc1. The molecule has 2 rings (SSSR count). The van der Waals surface area contributed by atoms with Crippen molar-refractivity contribution in [1.29, 1.82) is 0 Å². The molecule has 126 valence electrons. The van der Waals surface area contributed by atoms with Crippen molar-refractivity contribution in [2.24, 2.45) is 5.10 Å². The molecular weight excluding hydrogens is 302 g/mol. The second kappa shape index (κ2) is 9.35. The second-order valence-electron chi connectivity index (χ2n) is 5.45. The molecule has 0 aliphatic rings. The van der Waals surface area contributed by atoms with Gasteiger partial charge in [-0.15, -0.1) is 0 Å². The molecule has 24 heavy (non-hydrogen) atoms. The molecule has 0 fully saturated rings. The first kappa shape index (κ1) is 17.5. The van der Waals surface area contributed by atoms with Crippen molar-refractivity contribution < 1.29 is 9.53 Å². The Hall–Kier alpha value is -2.82. The lowest BCUT2D eigenvalue weighted by Gasteiger charge is -2.06. The van der Waals surface area contributed by atoms with Gasteiger partial charge in [-0.25, -0.2) is 5.43 Å². The number of carbonyl (C=O) groups is 1. The van der Waals surface area contributed by atoms with Crippen LogP contribution in [0.4, 0.5) is 5.69 Å². The van der Waals surface area contributed by atoms with Crippen molar-refractivity contribution in [3.05, 3.63) is 60.2 Å². The van der Waals surface area contributed by atoms with E-state index in [1.165, 1.54) is 5.56 Å². The van der Waals surface area contributed by atoms with E-state index in [1.54, 1.807) is 7.11 Å². The number of nitrogens with zero attached hydrogens (tertiary/aromatic N) is 1. The quantitative estimate of drug-likeness (QED) is 0.578. The lowest BCUT2D eigenvalue weighted by atomic mass is 10.1. The molecule has 0 aliphatic heterocycles. The van der Waals surface area contributed by atoms with E-state index in [1.807, 2.05) is 61.5 Å². The largest absolute Gasteiger partial charge is 0.497 e. The minimum atomic E-state index is -0.164. The van der Waals surface area contributed by atoms with Crippen LogP contribution in [0, 0.1) is 0 Å². The molecule has 5 nitrogen and oxygen atoms in total. The third-order valence-electron chi connectivity index (χ3n) is 3.53. The lowest BCUT2D eigenvalue weighted by molar-refractivity contribution is -0.119. The van der Waals surface area contributed by atoms with Gasteiger partial charge in [-0.05, 0) is 49.6 Å². The van der Waals surface area contributed by atoms with Crippen LogP contribution in [0.1, 0.15) is 18.9 Å². The highest BCUT2D eigenvalue weighted by Gasteiger charge is 2.01. The Balaban J connectivity index is 1.71. The summed E-state index contributed by atoms with van der Waals surface area (Å²) >= 11 is 0. The van der Waals surface area contributed by atoms with Crippen LogP contribution in [-0.2, 0) is 11.2 Å². The van der Waals surface area contributed by atoms with Gasteiger partial charge in [0.25, 0.3) is 5.91 Å². The van der Waals surface area contributed by atoms with Crippen molar-refractivity contribution in [1.82, 2.24) is 5.43 Å². The van der Waals surface area contributed by atoms with Gasteiger partial charge in [0.2, 0.25) is 0 Å². The number of hydrogen-bond acceptors (Lipinski definition) is 4. The van der Waals surface area contributed by atoms with Crippen LogP contribution in [0.5, 0.6) is 5.75 Å². The number of hydrogen-bond donors (Lipinski definition) is 2. The minimum Gasteiger partial charge on any atom is -0.497 e. The molecule has 0 unspecified atom stereocenters. The maximum Gasteiger partial charge on any atom is 0.259 e. The van der Waals surface area contributed by atoms with E-state index < -0.39 is 0 Å². The van der Waals surface area contributed by atoms with E-state index in [0.717, 1.165) is 30.0 Å². The van der Waals surface area contributed by atoms with Gasteiger partial charge in [0, 0.05) is 11.4 Å². The van der Waals surface area contributed by atoms with Crippen molar-refractivity contribution in [3.63, 3.8) is 0 Å². The predicted octanol–water partition coefficient (Wildman–Crippen LogP) is 3.23. The number of benzene rings is 2. The molecule has 0 spiro atoms. The molecule has 2 aromatic rings. The maximum absolute atomic E-state index is 11.8. The smallest absolute Gasteiger partial charge is 0.259 e. The summed E-state index contributed by atoms with van der Waals surface area (Å²) in [7, 11) is 1.65. The van der Waals surface area contributed by atoms with E-state index in [9.17, 15) is 4.79 Å². The fraction of sp³-hybridized carbons (Fsp3) is 0.263. The summed E-state index contributed by atoms with van der Waals surface area (Å²) in [5.74, 6) is 0.685. The van der Waals surface area contributed by atoms with Crippen LogP contribution < -0.4 is 15.5 Å². The Morgan fingerprint density at radius 3 is 2.46 bits per heavy atom. The van der Waals surface area contributed by atoms with Crippen molar-refractivity contribution in [2.45, 2.75) is 19.8 Å². The molecule has 0 bridgehead atoms. The summed E-state index contributed by atoms with van der Waals surface area (Å²) in [6.07, 6.45) is 1.66. The van der Waals surface area contributed by atoms with Crippen molar-refractivity contribution >= 4 is 17.3 Å². The first-order valence-electron chi connectivity index (χ1n) is 7.91. The fourth-order valence-corrected chi connectivity index (χ4v) is 2.11. The number of para-hydroxylation sites is 1. The van der Waals surface area contributed by atoms with E-state index in [4.69, 9.17) is 4.74 Å². The zero-order chi connectivity index (χ0) is 17.2. The fourth-order valence-electron chi connectivity index (χ4n) is 2.11. The van der Waals surface area contributed by atoms with E-state index in [0.29, 0.717) is 0 Å². The van der Waals surface area contributed by atoms with Crippen molar-refractivity contribution in [3.8, 4) is 5.75 Å². The van der Waals surface area contributed by atoms with E-state index in [-0.39, 0.29) is 12.5 Å². The Morgan fingerprint density at radius 1 is 1.08 bits per heavy atom. The predicted molar refractivity (Wildman–Crippen MR) is 97.5 cm³/mol. The molecule has 5 heteroatoms. The molecule has 0 saturated heterocycles. The molecule has 0 aromatic heterocycles. The molecular formula is C19H23N3O2. The average Bonchev–Trinajstić information content (AvgIpc) is 2.64. The standard InChI is InChI=1S/C19H23N3O2/c1-15(8-9-16-10-12-18(24-2)13-11-16)21-22-19(23)14-20-17-6-4-3-5-7-17/h3-7,10-13,20H,8-9,14H2,1-2H3,(H,22,23)/b21-15-. The molecule has 1 amide bonds. The number of aryl methyl sites for hydroxylation is 1. The summed E-state index contributed by atoms with van der Waals surface area (Å²) in [5, 5.41) is 7.18. The third kappa shape index (κ3) is 6.12. The number of hydrazone groups is 1. The Kier molecular flexibility index (Phi) is 6.83. The molecule has 0 aliphatic carbocycles. The highest BCUT2D eigenvalue weighted by Crippen LogP contribution is 2.12. The maximum atomic E-state index is 11.8. The Bertz CT molecular complexity index is 667. The van der Waals surface area contributed by atoms with Crippen LogP contribution in [-0.4, -0.2) is 25.3 Å². The number of ether oxygens (including phenoxy) is 1. The second-order valence-corrected chi connectivity index (χ2v) is 5.45. The van der Waals surface area contributed by atoms with Crippen molar-refractivity contribution in [2.75, 3.05) is 19.0 Å². The zero-order valence-electron chi connectivity index (χ0n) is 14.1. The number of nitrogens with one attached hydrogen (secondary N) is 2. The highest BCUT2D eigenvalue weighted by molar-refractivity contribution is 5.85. The summed E-state index contributed by atoms with van der Waals surface area (Å²) in [6.45, 7) is 2.10. The first-order valence-corrected chi connectivity index (χ1v) is 7.91. The van der Waals surface area contributed by atoms with Crippen LogP contribution >= 0.6 is 0 Å². The van der Waals surface area contributed by atoms with Gasteiger partial charge in [0.1, 0.15) is 5.75 Å². The normalized spacial score (nSPS) is 11.0. The summed E-state index contributed by atoms with van der Waals surface area (Å²) in [5.41, 5.74) is 5.58. The number of rotatable bonds is 8. The van der Waals surface area contributed by atoms with Gasteiger partial charge in [0.15, 0.2) is 0 Å². The van der Waals surface area contributed by atoms with Crippen LogP contribution in [0.3, 0.4) is 0 Å². The van der Waals surface area contributed by atoms with Gasteiger partial charge in [-0.3, -0.25) is 4.79 Å². The van der Waals surface area contributed by atoms with Gasteiger partial charge in [-0.2, -0.15) is 5.10 Å². The monoisotopic (exact) mass is 325 g/mol. The Labute approximate surface area is 142 Å². The minimum absolute atomic E-state index is 0.164. The van der Waals surface area contributed by atoms with Gasteiger partial charge >= 0.3 is 0 Å². The van der Waals surface area contributed by atoms with Gasteiger partial charge in [-0.1, -0.05) is 30.3 Å². The number of amides is 1. The molecule has 0 heterocycles. The van der Waals surface area contributed by atoms with Crippen LogP contribution in [0.15, 0.2) is 59.7 Å². The lowest BCUT2D eigenvalue weighted by Crippen LogP contribution is -2.26. The number of methoxy groups -OCH3 is 1. The molecule has 0 atom stereocenters. The third-order valence-corrected chi connectivity index (χ3v) is 3.53. The Morgan fingerprint density at radius 2 is 1.79 bits per heavy atom. The highest BCUT2D eigenvalue weighted by atomic mass is 16.5. The van der Waals surface area contributed by atoms with Crippen LogP contribution in [0.2, 0.25) is 0 Å². The zero-order valence-corrected chi connectivity index (χ0v) is 14.1. The van der Waals surface area contributed by atoms with Crippen LogP contribution in [0.25, 0.3) is 0 Å². The van der Waals surface area contributed by atoms with Gasteiger partial charge < -0.3 is 10.1 Å². The van der Waals surface area contributed by atoms with Gasteiger partial charge in [0.05, 0.1) is 13.7 Å². The summed E-state index contributed by atoms with van der Waals surface area (Å²) in [6, 6.07) is 17.6. The van der Waals surface area contributed by atoms with E-state index >= 15 is 0 Å².